The summed E-state index contributed by atoms with van der Waals surface area (Å²) < 4.78 is 5.75. The van der Waals surface area contributed by atoms with Gasteiger partial charge >= 0.3 is 0 Å². The summed E-state index contributed by atoms with van der Waals surface area (Å²) in [4.78, 5) is 0. The first-order chi connectivity index (χ1) is 11.2. The number of phenolic OH excluding ortho intramolecular Hbond substituents is 1. The van der Waals surface area contributed by atoms with E-state index in [1.807, 2.05) is 6.07 Å². The van der Waals surface area contributed by atoms with E-state index >= 15 is 0 Å². The van der Waals surface area contributed by atoms with Gasteiger partial charge in [-0.1, -0.05) is 20.3 Å². The van der Waals surface area contributed by atoms with Gasteiger partial charge in [-0.25, -0.2) is 0 Å². The Kier molecular flexibility index (Phi) is 6.15. The molecule has 3 rings (SSSR count). The summed E-state index contributed by atoms with van der Waals surface area (Å²) in [7, 11) is 0. The van der Waals surface area contributed by atoms with Crippen molar-refractivity contribution in [2.45, 2.75) is 58.8 Å². The Labute approximate surface area is 139 Å². The largest absolute Gasteiger partial charge is 0.504 e. The fourth-order valence-electron chi connectivity index (χ4n) is 3.93. The smallest absolute Gasteiger partial charge is 0.184 e. The number of nitriles is 1. The van der Waals surface area contributed by atoms with E-state index in [-0.39, 0.29) is 0 Å². The number of ether oxygens (including phenoxy) is 1. The predicted octanol–water partition coefficient (Wildman–Crippen LogP) is 4.58. The second-order valence-corrected chi connectivity index (χ2v) is 6.24. The summed E-state index contributed by atoms with van der Waals surface area (Å²) in [5.41, 5.74) is 3.79. The molecule has 23 heavy (non-hydrogen) atoms. The summed E-state index contributed by atoms with van der Waals surface area (Å²) in [6, 6.07) is 3.72. The van der Waals surface area contributed by atoms with Crippen LogP contribution in [0.25, 0.3) is 0 Å². The van der Waals surface area contributed by atoms with E-state index in [9.17, 15) is 5.11 Å². The van der Waals surface area contributed by atoms with Crippen molar-refractivity contribution in [3.05, 3.63) is 17.2 Å². The predicted molar refractivity (Wildman–Crippen MR) is 93.1 cm³/mol. The Morgan fingerprint density at radius 3 is 2.78 bits per heavy atom. The number of anilines is 1. The van der Waals surface area contributed by atoms with Gasteiger partial charge in [0.05, 0.1) is 18.4 Å². The molecule has 0 amide bonds. The Morgan fingerprint density at radius 2 is 2.13 bits per heavy atom. The minimum Gasteiger partial charge on any atom is -0.504 e. The molecule has 0 saturated carbocycles. The van der Waals surface area contributed by atoms with Crippen molar-refractivity contribution in [1.29, 1.82) is 5.26 Å². The molecule has 4 heteroatoms. The minimum absolute atomic E-state index is 0.309. The molecule has 2 aliphatic rings. The van der Waals surface area contributed by atoms with Gasteiger partial charge in [-0.15, -0.1) is 0 Å². The van der Waals surface area contributed by atoms with Crippen molar-refractivity contribution in [3.63, 3.8) is 0 Å². The van der Waals surface area contributed by atoms with Crippen molar-refractivity contribution in [2.75, 3.05) is 18.5 Å². The Morgan fingerprint density at radius 1 is 1.39 bits per heavy atom. The van der Waals surface area contributed by atoms with Crippen LogP contribution in [0.3, 0.4) is 0 Å². The van der Waals surface area contributed by atoms with Crippen LogP contribution in [0.5, 0.6) is 11.5 Å². The van der Waals surface area contributed by atoms with Crippen LogP contribution < -0.4 is 10.1 Å². The Balaban J connectivity index is 0.000000595. The number of hydrogen-bond acceptors (Lipinski definition) is 4. The van der Waals surface area contributed by atoms with Crippen LogP contribution in [-0.4, -0.2) is 18.3 Å². The molecule has 2 atom stereocenters. The number of hydrogen-bond donors (Lipinski definition) is 2. The summed E-state index contributed by atoms with van der Waals surface area (Å²) in [5.74, 6) is 2.30. The van der Waals surface area contributed by atoms with Gasteiger partial charge in [-0.3, -0.25) is 0 Å². The van der Waals surface area contributed by atoms with Crippen LogP contribution >= 0.6 is 0 Å². The zero-order valence-electron chi connectivity index (χ0n) is 14.5. The van der Waals surface area contributed by atoms with Crippen molar-refractivity contribution in [2.24, 2.45) is 5.92 Å². The van der Waals surface area contributed by atoms with Gasteiger partial charge in [0, 0.05) is 13.5 Å². The van der Waals surface area contributed by atoms with Gasteiger partial charge < -0.3 is 15.2 Å². The molecule has 1 aliphatic carbocycles. The average Bonchev–Trinajstić information content (AvgIpc) is 2.81. The highest BCUT2D eigenvalue weighted by Crippen LogP contribution is 2.49. The fraction of sp³-hybridized carbons (Fsp3) is 0.632. The van der Waals surface area contributed by atoms with E-state index in [0.29, 0.717) is 24.0 Å². The highest BCUT2D eigenvalue weighted by molar-refractivity contribution is 5.71. The van der Waals surface area contributed by atoms with Gasteiger partial charge in [0.25, 0.3) is 0 Å². The van der Waals surface area contributed by atoms with Crippen molar-refractivity contribution in [1.82, 2.24) is 0 Å². The third-order valence-corrected chi connectivity index (χ3v) is 4.97. The van der Waals surface area contributed by atoms with Gasteiger partial charge in [-0.2, -0.15) is 5.26 Å². The van der Waals surface area contributed by atoms with Gasteiger partial charge in [0.1, 0.15) is 0 Å². The first-order valence-electron chi connectivity index (χ1n) is 8.74. The molecule has 0 saturated heterocycles. The fourth-order valence-corrected chi connectivity index (χ4v) is 3.93. The van der Waals surface area contributed by atoms with Gasteiger partial charge in [0.2, 0.25) is 0 Å². The summed E-state index contributed by atoms with van der Waals surface area (Å²) in [5, 5.41) is 21.2. The third kappa shape index (κ3) is 3.55. The molecule has 1 heterocycles. The van der Waals surface area contributed by atoms with E-state index in [0.717, 1.165) is 37.4 Å². The Bertz CT molecular complexity index is 578. The topological polar surface area (TPSA) is 65.3 Å². The first kappa shape index (κ1) is 17.5. The first-order valence-corrected chi connectivity index (χ1v) is 8.74. The molecule has 126 valence electrons. The number of benzene rings is 1. The number of fused-ring (bicyclic) bond motifs is 3. The molecule has 0 bridgehead atoms. The zero-order chi connectivity index (χ0) is 16.8. The summed E-state index contributed by atoms with van der Waals surface area (Å²) in [6.45, 7) is 7.58. The number of rotatable bonds is 2. The van der Waals surface area contributed by atoms with E-state index in [2.05, 4.69) is 19.2 Å². The SMILES string of the molecule is CC#N.CCC1CCc2c(cc(O)c3c2NCCCO3)C1CC. The maximum absolute atomic E-state index is 10.3. The van der Waals surface area contributed by atoms with Gasteiger partial charge in [-0.05, 0) is 54.7 Å². The number of nitrogens with one attached hydrogen (secondary N) is 1. The molecular weight excluding hydrogens is 288 g/mol. The van der Waals surface area contributed by atoms with E-state index in [1.165, 1.54) is 30.9 Å². The molecule has 2 unspecified atom stereocenters. The highest BCUT2D eigenvalue weighted by Gasteiger charge is 2.31. The molecule has 0 radical (unpaired) electrons. The second-order valence-electron chi connectivity index (χ2n) is 6.24. The van der Waals surface area contributed by atoms with E-state index in [1.54, 1.807) is 6.07 Å². The van der Waals surface area contributed by atoms with Crippen LogP contribution in [0.2, 0.25) is 0 Å². The third-order valence-electron chi connectivity index (χ3n) is 4.97. The van der Waals surface area contributed by atoms with Crippen molar-refractivity contribution >= 4 is 5.69 Å². The standard InChI is InChI=1S/C17H25NO2.C2H3N/c1-3-11-6-7-13-14(12(11)4-2)10-15(19)17-16(13)18-8-5-9-20-17;1-2-3/h10-12,18-19H,3-9H2,1-2H3;1H3. The number of aromatic hydroxyl groups is 1. The molecular formula is C19H28N2O2. The van der Waals surface area contributed by atoms with Gasteiger partial charge in [0.15, 0.2) is 11.5 Å². The van der Waals surface area contributed by atoms with Crippen LogP contribution in [0.1, 0.15) is 63.5 Å². The normalized spacial score (nSPS) is 22.0. The van der Waals surface area contributed by atoms with Crippen LogP contribution in [0.4, 0.5) is 5.69 Å². The quantitative estimate of drug-likeness (QED) is 0.838. The molecule has 0 fully saturated rings. The van der Waals surface area contributed by atoms with Crippen molar-refractivity contribution in [3.8, 4) is 17.6 Å². The molecule has 2 N–H and O–H groups in total. The van der Waals surface area contributed by atoms with Crippen LogP contribution in [0.15, 0.2) is 6.07 Å². The molecule has 1 aromatic rings. The van der Waals surface area contributed by atoms with E-state index in [4.69, 9.17) is 10.00 Å². The maximum Gasteiger partial charge on any atom is 0.184 e. The lowest BCUT2D eigenvalue weighted by atomic mass is 9.72. The van der Waals surface area contributed by atoms with E-state index < -0.39 is 0 Å². The lowest BCUT2D eigenvalue weighted by Gasteiger charge is -2.34. The molecule has 1 aromatic carbocycles. The average molecular weight is 316 g/mol. The lowest BCUT2D eigenvalue weighted by molar-refractivity contribution is 0.302. The lowest BCUT2D eigenvalue weighted by Crippen LogP contribution is -2.21. The second kappa shape index (κ2) is 8.10. The summed E-state index contributed by atoms with van der Waals surface area (Å²) >= 11 is 0. The monoisotopic (exact) mass is 316 g/mol. The van der Waals surface area contributed by atoms with Crippen LogP contribution in [0, 0.1) is 17.2 Å². The molecule has 1 aliphatic heterocycles. The maximum atomic E-state index is 10.3. The van der Waals surface area contributed by atoms with Crippen LogP contribution in [-0.2, 0) is 6.42 Å². The number of nitrogens with zero attached hydrogens (tertiary/aromatic N) is 1. The molecule has 4 nitrogen and oxygen atoms in total. The zero-order valence-corrected chi connectivity index (χ0v) is 14.5. The number of phenols is 1. The molecule has 0 aromatic heterocycles. The molecule has 0 spiro atoms. The summed E-state index contributed by atoms with van der Waals surface area (Å²) in [6.07, 6.45) is 5.70. The Hall–Kier alpha value is -1.89. The highest BCUT2D eigenvalue weighted by atomic mass is 16.5. The minimum atomic E-state index is 0.309. The van der Waals surface area contributed by atoms with Crippen molar-refractivity contribution < 1.29 is 9.84 Å².